The van der Waals surface area contributed by atoms with Gasteiger partial charge in [-0.2, -0.15) is 0 Å². The highest BCUT2D eigenvalue weighted by Crippen LogP contribution is 2.24. The van der Waals surface area contributed by atoms with Gasteiger partial charge in [0.1, 0.15) is 11.5 Å². The Balaban J connectivity index is 2.02. The molecule has 0 radical (unpaired) electrons. The van der Waals surface area contributed by atoms with E-state index in [4.69, 9.17) is 9.84 Å². The van der Waals surface area contributed by atoms with Crippen molar-refractivity contribution in [3.8, 4) is 11.5 Å². The van der Waals surface area contributed by atoms with Crippen molar-refractivity contribution >= 4 is 0 Å². The van der Waals surface area contributed by atoms with Gasteiger partial charge in [0, 0.05) is 0 Å². The normalized spacial score (nSPS) is 12.2. The van der Waals surface area contributed by atoms with Crippen LogP contribution in [0.3, 0.4) is 0 Å². The molecule has 1 atom stereocenters. The van der Waals surface area contributed by atoms with Gasteiger partial charge in [0.25, 0.3) is 0 Å². The van der Waals surface area contributed by atoms with Crippen molar-refractivity contribution in [3.05, 3.63) is 59.7 Å². The summed E-state index contributed by atoms with van der Waals surface area (Å²) in [6.45, 7) is 1.84. The number of aryl methyl sites for hydroxylation is 2. The van der Waals surface area contributed by atoms with E-state index in [2.05, 4.69) is 0 Å². The predicted molar refractivity (Wildman–Crippen MR) is 79.1 cm³/mol. The summed E-state index contributed by atoms with van der Waals surface area (Å²) in [4.78, 5) is 0. The highest BCUT2D eigenvalue weighted by atomic mass is 16.5. The minimum atomic E-state index is -0.644. The van der Waals surface area contributed by atoms with Crippen molar-refractivity contribution in [1.82, 2.24) is 0 Å². The highest BCUT2D eigenvalue weighted by Gasteiger charge is 2.06. The van der Waals surface area contributed by atoms with Crippen LogP contribution >= 0.6 is 0 Å². The lowest BCUT2D eigenvalue weighted by molar-refractivity contribution is 0.0885. The Bertz CT molecular complexity index is 537. The molecule has 0 heterocycles. The number of ether oxygens (including phenoxy) is 1. The number of rotatable bonds is 6. The Labute approximate surface area is 119 Å². The van der Waals surface area contributed by atoms with Crippen LogP contribution in [-0.2, 0) is 6.42 Å². The second-order valence-electron chi connectivity index (χ2n) is 4.88. The first-order valence-corrected chi connectivity index (χ1v) is 6.80. The van der Waals surface area contributed by atoms with Gasteiger partial charge in [-0.05, 0) is 55.2 Å². The van der Waals surface area contributed by atoms with E-state index in [-0.39, 0.29) is 6.61 Å². The molecule has 20 heavy (non-hydrogen) atoms. The standard InChI is InChI=1S/C17H20O3/c1-13-11-17(20-16-5-3-2-4-6-16)10-8-14(13)7-9-15(19)12-18/h2-6,8,10-11,15,18-19H,7,9,12H2,1H3. The molecule has 0 aliphatic heterocycles. The van der Waals surface area contributed by atoms with Gasteiger partial charge in [-0.1, -0.05) is 24.3 Å². The molecule has 0 aromatic heterocycles. The molecule has 1 unspecified atom stereocenters. The second kappa shape index (κ2) is 7.08. The van der Waals surface area contributed by atoms with Crippen LogP contribution in [0.5, 0.6) is 11.5 Å². The molecule has 2 rings (SSSR count). The van der Waals surface area contributed by atoms with E-state index in [1.54, 1.807) is 0 Å². The summed E-state index contributed by atoms with van der Waals surface area (Å²) in [5.41, 5.74) is 2.29. The SMILES string of the molecule is Cc1cc(Oc2ccccc2)ccc1CCC(O)CO. The molecule has 2 aromatic rings. The van der Waals surface area contributed by atoms with Crippen LogP contribution in [0.1, 0.15) is 17.5 Å². The van der Waals surface area contributed by atoms with Crippen LogP contribution in [0.2, 0.25) is 0 Å². The molecule has 2 aromatic carbocycles. The summed E-state index contributed by atoms with van der Waals surface area (Å²) in [5.74, 6) is 1.62. The number of para-hydroxylation sites is 1. The number of hydrogen-bond acceptors (Lipinski definition) is 3. The Morgan fingerprint density at radius 1 is 1.05 bits per heavy atom. The first kappa shape index (κ1) is 14.6. The lowest BCUT2D eigenvalue weighted by Gasteiger charge is -2.11. The number of hydrogen-bond donors (Lipinski definition) is 2. The van der Waals surface area contributed by atoms with E-state index in [1.165, 1.54) is 0 Å². The summed E-state index contributed by atoms with van der Waals surface area (Å²) >= 11 is 0. The third-order valence-corrected chi connectivity index (χ3v) is 3.25. The maximum atomic E-state index is 9.38. The smallest absolute Gasteiger partial charge is 0.127 e. The average Bonchev–Trinajstić information content (AvgIpc) is 2.47. The zero-order valence-corrected chi connectivity index (χ0v) is 11.6. The number of aliphatic hydroxyl groups excluding tert-OH is 2. The molecular formula is C17H20O3. The van der Waals surface area contributed by atoms with Crippen molar-refractivity contribution < 1.29 is 14.9 Å². The summed E-state index contributed by atoms with van der Waals surface area (Å²) < 4.78 is 5.77. The molecule has 0 spiro atoms. The van der Waals surface area contributed by atoms with Gasteiger partial charge in [-0.15, -0.1) is 0 Å². The van der Waals surface area contributed by atoms with E-state index < -0.39 is 6.10 Å². The van der Waals surface area contributed by atoms with Crippen molar-refractivity contribution in [1.29, 1.82) is 0 Å². The van der Waals surface area contributed by atoms with Crippen molar-refractivity contribution in [2.24, 2.45) is 0 Å². The van der Waals surface area contributed by atoms with E-state index >= 15 is 0 Å². The quantitative estimate of drug-likeness (QED) is 0.849. The maximum Gasteiger partial charge on any atom is 0.127 e. The molecule has 0 aliphatic carbocycles. The van der Waals surface area contributed by atoms with Crippen molar-refractivity contribution in [2.75, 3.05) is 6.61 Å². The monoisotopic (exact) mass is 272 g/mol. The molecule has 0 fully saturated rings. The molecule has 3 nitrogen and oxygen atoms in total. The molecule has 0 saturated heterocycles. The Morgan fingerprint density at radius 3 is 2.45 bits per heavy atom. The molecule has 0 saturated carbocycles. The van der Waals surface area contributed by atoms with Crippen LogP contribution in [0.4, 0.5) is 0 Å². The van der Waals surface area contributed by atoms with Crippen LogP contribution in [0, 0.1) is 6.92 Å². The minimum Gasteiger partial charge on any atom is -0.457 e. The zero-order chi connectivity index (χ0) is 14.4. The largest absolute Gasteiger partial charge is 0.457 e. The molecule has 3 heteroatoms. The van der Waals surface area contributed by atoms with Gasteiger partial charge >= 0.3 is 0 Å². The molecule has 0 aliphatic rings. The number of aliphatic hydroxyl groups is 2. The maximum absolute atomic E-state index is 9.38. The lowest BCUT2D eigenvalue weighted by Crippen LogP contribution is -2.12. The zero-order valence-electron chi connectivity index (χ0n) is 11.6. The number of benzene rings is 2. The third-order valence-electron chi connectivity index (χ3n) is 3.25. The first-order valence-electron chi connectivity index (χ1n) is 6.80. The summed E-state index contributed by atoms with van der Waals surface area (Å²) in [6.07, 6.45) is 0.671. The van der Waals surface area contributed by atoms with Gasteiger partial charge in [0.05, 0.1) is 12.7 Å². The van der Waals surface area contributed by atoms with E-state index in [0.717, 1.165) is 29.0 Å². The van der Waals surface area contributed by atoms with Gasteiger partial charge in [0.2, 0.25) is 0 Å². The van der Waals surface area contributed by atoms with Gasteiger partial charge in [0.15, 0.2) is 0 Å². The molecular weight excluding hydrogens is 252 g/mol. The summed E-state index contributed by atoms with van der Waals surface area (Å²) in [7, 11) is 0. The Morgan fingerprint density at radius 2 is 1.80 bits per heavy atom. The fraction of sp³-hybridized carbons (Fsp3) is 0.294. The van der Waals surface area contributed by atoms with E-state index in [1.807, 2.05) is 55.5 Å². The van der Waals surface area contributed by atoms with Crippen LogP contribution in [0.15, 0.2) is 48.5 Å². The topological polar surface area (TPSA) is 49.7 Å². The predicted octanol–water partition coefficient (Wildman–Crippen LogP) is 3.07. The van der Waals surface area contributed by atoms with Crippen LogP contribution < -0.4 is 4.74 Å². The second-order valence-corrected chi connectivity index (χ2v) is 4.88. The Kier molecular flexibility index (Phi) is 5.16. The highest BCUT2D eigenvalue weighted by molar-refractivity contribution is 5.37. The van der Waals surface area contributed by atoms with Gasteiger partial charge in [-0.25, -0.2) is 0 Å². The van der Waals surface area contributed by atoms with E-state index in [0.29, 0.717) is 6.42 Å². The first-order chi connectivity index (χ1) is 9.69. The van der Waals surface area contributed by atoms with E-state index in [9.17, 15) is 5.11 Å². The third kappa shape index (κ3) is 4.08. The lowest BCUT2D eigenvalue weighted by atomic mass is 10.0. The molecule has 106 valence electrons. The fourth-order valence-corrected chi connectivity index (χ4v) is 2.05. The van der Waals surface area contributed by atoms with Gasteiger partial charge < -0.3 is 14.9 Å². The minimum absolute atomic E-state index is 0.186. The van der Waals surface area contributed by atoms with Crippen LogP contribution in [-0.4, -0.2) is 22.9 Å². The fourth-order valence-electron chi connectivity index (χ4n) is 2.05. The molecule has 0 amide bonds. The average molecular weight is 272 g/mol. The summed E-state index contributed by atoms with van der Waals surface area (Å²) in [5, 5.41) is 18.2. The van der Waals surface area contributed by atoms with Gasteiger partial charge in [-0.3, -0.25) is 0 Å². The molecule has 2 N–H and O–H groups in total. The van der Waals surface area contributed by atoms with Crippen molar-refractivity contribution in [2.45, 2.75) is 25.9 Å². The van der Waals surface area contributed by atoms with Crippen LogP contribution in [0.25, 0.3) is 0 Å². The summed E-state index contributed by atoms with van der Waals surface area (Å²) in [6, 6.07) is 15.6. The van der Waals surface area contributed by atoms with Crippen molar-refractivity contribution in [3.63, 3.8) is 0 Å². The molecule has 0 bridgehead atoms. The Hall–Kier alpha value is -1.84.